The van der Waals surface area contributed by atoms with Crippen LogP contribution in [0.4, 0.5) is 26.0 Å². The van der Waals surface area contributed by atoms with Crippen molar-refractivity contribution in [1.29, 1.82) is 0 Å². The first kappa shape index (κ1) is 21.2. The zero-order valence-corrected chi connectivity index (χ0v) is 17.1. The van der Waals surface area contributed by atoms with E-state index in [1.54, 1.807) is 25.1 Å². The molecule has 0 fully saturated rings. The summed E-state index contributed by atoms with van der Waals surface area (Å²) in [6.45, 7) is 5.56. The number of carbonyl (C=O) groups is 1. The molecule has 0 aliphatic rings. The van der Waals surface area contributed by atoms with Gasteiger partial charge in [0.15, 0.2) is 0 Å². The van der Waals surface area contributed by atoms with Crippen LogP contribution in [0.15, 0.2) is 42.6 Å². The quantitative estimate of drug-likeness (QED) is 0.583. The van der Waals surface area contributed by atoms with E-state index in [-0.39, 0.29) is 23.1 Å². The summed E-state index contributed by atoms with van der Waals surface area (Å²) in [7, 11) is 1.50. The van der Waals surface area contributed by atoms with Gasteiger partial charge in [-0.1, -0.05) is 13.8 Å². The first-order valence-electron chi connectivity index (χ1n) is 9.33. The topological polar surface area (TPSA) is 76.1 Å². The molecule has 0 spiro atoms. The molecule has 8 heteroatoms. The van der Waals surface area contributed by atoms with Crippen molar-refractivity contribution < 1.29 is 18.3 Å². The van der Waals surface area contributed by atoms with E-state index in [1.165, 1.54) is 19.2 Å². The number of anilines is 3. The van der Waals surface area contributed by atoms with E-state index in [9.17, 15) is 13.6 Å². The molecule has 1 aromatic carbocycles. The van der Waals surface area contributed by atoms with Crippen LogP contribution in [0.25, 0.3) is 0 Å². The molecule has 0 atom stereocenters. The lowest BCUT2D eigenvalue weighted by Gasteiger charge is -2.17. The Morgan fingerprint density at radius 3 is 2.47 bits per heavy atom. The minimum atomic E-state index is -0.654. The SMILES string of the molecule is COc1ccc(NC(=O)c2cc(F)cnc2Nc2ccc(F)cc2C(C)C)c(C)n1. The smallest absolute Gasteiger partial charge is 0.259 e. The van der Waals surface area contributed by atoms with Crippen molar-refractivity contribution in [2.75, 3.05) is 17.7 Å². The van der Waals surface area contributed by atoms with E-state index in [0.717, 1.165) is 12.3 Å². The largest absolute Gasteiger partial charge is 0.481 e. The van der Waals surface area contributed by atoms with Crippen LogP contribution in [0.3, 0.4) is 0 Å². The summed E-state index contributed by atoms with van der Waals surface area (Å²) in [5, 5.41) is 5.75. The first-order chi connectivity index (χ1) is 14.3. The number of aromatic nitrogens is 2. The van der Waals surface area contributed by atoms with Crippen LogP contribution >= 0.6 is 0 Å². The number of benzene rings is 1. The highest BCUT2D eigenvalue weighted by atomic mass is 19.1. The zero-order valence-electron chi connectivity index (χ0n) is 17.1. The van der Waals surface area contributed by atoms with E-state index in [1.807, 2.05) is 13.8 Å². The van der Waals surface area contributed by atoms with Gasteiger partial charge in [0, 0.05) is 11.8 Å². The summed E-state index contributed by atoms with van der Waals surface area (Å²) in [5.74, 6) is -0.990. The second kappa shape index (κ2) is 8.86. The van der Waals surface area contributed by atoms with Crippen LogP contribution in [-0.4, -0.2) is 23.0 Å². The molecule has 156 valence electrons. The molecule has 0 radical (unpaired) electrons. The van der Waals surface area contributed by atoms with Crippen molar-refractivity contribution in [3.8, 4) is 5.88 Å². The summed E-state index contributed by atoms with van der Waals surface area (Å²) >= 11 is 0. The maximum Gasteiger partial charge on any atom is 0.259 e. The lowest BCUT2D eigenvalue weighted by Crippen LogP contribution is -2.16. The van der Waals surface area contributed by atoms with Crippen LogP contribution in [0.1, 0.15) is 41.4 Å². The zero-order chi connectivity index (χ0) is 21.8. The van der Waals surface area contributed by atoms with Gasteiger partial charge in [-0.05, 0) is 48.7 Å². The molecule has 2 N–H and O–H groups in total. The molecule has 0 unspecified atom stereocenters. The van der Waals surface area contributed by atoms with Crippen LogP contribution in [-0.2, 0) is 0 Å². The highest BCUT2D eigenvalue weighted by Gasteiger charge is 2.18. The normalized spacial score (nSPS) is 10.8. The van der Waals surface area contributed by atoms with Gasteiger partial charge in [0.1, 0.15) is 17.5 Å². The lowest BCUT2D eigenvalue weighted by molar-refractivity contribution is 0.102. The lowest BCUT2D eigenvalue weighted by atomic mass is 10.0. The minimum Gasteiger partial charge on any atom is -0.481 e. The maximum absolute atomic E-state index is 13.9. The van der Waals surface area contributed by atoms with Crippen LogP contribution < -0.4 is 15.4 Å². The third kappa shape index (κ3) is 4.71. The molecule has 6 nitrogen and oxygen atoms in total. The number of aryl methyl sites for hydroxylation is 1. The molecule has 30 heavy (non-hydrogen) atoms. The molecule has 3 rings (SSSR count). The number of amides is 1. The Bertz CT molecular complexity index is 1090. The van der Waals surface area contributed by atoms with Gasteiger partial charge in [0.2, 0.25) is 5.88 Å². The molecule has 0 aliphatic carbocycles. The number of nitrogens with one attached hydrogen (secondary N) is 2. The number of ether oxygens (including phenoxy) is 1. The van der Waals surface area contributed by atoms with E-state index in [4.69, 9.17) is 4.74 Å². The molecule has 3 aromatic rings. The van der Waals surface area contributed by atoms with Crippen molar-refractivity contribution in [3.05, 3.63) is 71.1 Å². The predicted octanol–water partition coefficient (Wildman–Crippen LogP) is 5.19. The Labute approximate surface area is 173 Å². The van der Waals surface area contributed by atoms with E-state index < -0.39 is 11.7 Å². The number of carbonyl (C=O) groups excluding carboxylic acids is 1. The average molecular weight is 412 g/mol. The molecule has 2 aromatic heterocycles. The van der Waals surface area contributed by atoms with Crippen molar-refractivity contribution in [2.24, 2.45) is 0 Å². The number of rotatable bonds is 6. The molecule has 0 saturated carbocycles. The van der Waals surface area contributed by atoms with Crippen LogP contribution in [0, 0.1) is 18.6 Å². The molecule has 0 bridgehead atoms. The van der Waals surface area contributed by atoms with Crippen molar-refractivity contribution in [1.82, 2.24) is 9.97 Å². The summed E-state index contributed by atoms with van der Waals surface area (Å²) in [6.07, 6.45) is 1.01. The molecule has 1 amide bonds. The average Bonchev–Trinajstić information content (AvgIpc) is 2.71. The van der Waals surface area contributed by atoms with E-state index in [0.29, 0.717) is 28.5 Å². The van der Waals surface area contributed by atoms with Crippen molar-refractivity contribution in [2.45, 2.75) is 26.7 Å². The highest BCUT2D eigenvalue weighted by Crippen LogP contribution is 2.29. The first-order valence-corrected chi connectivity index (χ1v) is 9.33. The van der Waals surface area contributed by atoms with Crippen LogP contribution in [0.2, 0.25) is 0 Å². The fraction of sp³-hybridized carbons (Fsp3) is 0.227. The third-order valence-corrected chi connectivity index (χ3v) is 4.51. The van der Waals surface area contributed by atoms with E-state index in [2.05, 4.69) is 20.6 Å². The highest BCUT2D eigenvalue weighted by molar-refractivity contribution is 6.08. The fourth-order valence-electron chi connectivity index (χ4n) is 2.94. The second-order valence-electron chi connectivity index (χ2n) is 7.00. The van der Waals surface area contributed by atoms with Crippen molar-refractivity contribution in [3.63, 3.8) is 0 Å². The van der Waals surface area contributed by atoms with Gasteiger partial charge < -0.3 is 15.4 Å². The molecule has 0 saturated heterocycles. The summed E-state index contributed by atoms with van der Waals surface area (Å²) < 4.78 is 32.6. The summed E-state index contributed by atoms with van der Waals surface area (Å²) in [5.41, 5.74) is 2.30. The van der Waals surface area contributed by atoms with Gasteiger partial charge in [-0.2, -0.15) is 0 Å². The standard InChI is InChI=1S/C22H22F2N4O2/c1-12(2)16-9-14(23)5-6-19(16)27-21-17(10-15(24)11-25-21)22(29)28-18-7-8-20(30-4)26-13(18)3/h5-12H,1-4H3,(H,25,27)(H,28,29). The second-order valence-corrected chi connectivity index (χ2v) is 7.00. The molecular formula is C22H22F2N4O2. The maximum atomic E-state index is 13.9. The summed E-state index contributed by atoms with van der Waals surface area (Å²) in [6, 6.07) is 8.64. The Kier molecular flexibility index (Phi) is 6.25. The third-order valence-electron chi connectivity index (χ3n) is 4.51. The monoisotopic (exact) mass is 412 g/mol. The predicted molar refractivity (Wildman–Crippen MR) is 111 cm³/mol. The number of pyridine rings is 2. The van der Waals surface area contributed by atoms with Gasteiger partial charge in [-0.25, -0.2) is 18.7 Å². The van der Waals surface area contributed by atoms with E-state index >= 15 is 0 Å². The molecule has 2 heterocycles. The van der Waals surface area contributed by atoms with Gasteiger partial charge in [0.25, 0.3) is 5.91 Å². The number of hydrogen-bond acceptors (Lipinski definition) is 5. The minimum absolute atomic E-state index is 0.00393. The van der Waals surface area contributed by atoms with Gasteiger partial charge >= 0.3 is 0 Å². The molecule has 0 aliphatic heterocycles. The van der Waals surface area contributed by atoms with Crippen LogP contribution in [0.5, 0.6) is 5.88 Å². The Morgan fingerprint density at radius 2 is 1.80 bits per heavy atom. The number of hydrogen-bond donors (Lipinski definition) is 2. The Balaban J connectivity index is 1.94. The van der Waals surface area contributed by atoms with Gasteiger partial charge in [0.05, 0.1) is 30.3 Å². The fourth-order valence-corrected chi connectivity index (χ4v) is 2.94. The number of methoxy groups -OCH3 is 1. The van der Waals surface area contributed by atoms with Gasteiger partial charge in [-0.3, -0.25) is 4.79 Å². The molecular weight excluding hydrogens is 390 g/mol. The van der Waals surface area contributed by atoms with Gasteiger partial charge in [-0.15, -0.1) is 0 Å². The van der Waals surface area contributed by atoms with Crippen molar-refractivity contribution >= 4 is 23.1 Å². The Hall–Kier alpha value is -3.55. The number of nitrogens with zero attached hydrogens (tertiary/aromatic N) is 2. The summed E-state index contributed by atoms with van der Waals surface area (Å²) in [4.78, 5) is 21.1. The number of halogens is 2. The Morgan fingerprint density at radius 1 is 1.07 bits per heavy atom.